The summed E-state index contributed by atoms with van der Waals surface area (Å²) < 4.78 is 50.0. The van der Waals surface area contributed by atoms with Gasteiger partial charge in [-0.2, -0.15) is 5.10 Å². The third-order valence-corrected chi connectivity index (χ3v) is 7.97. The van der Waals surface area contributed by atoms with E-state index in [-0.39, 0.29) is 39.7 Å². The van der Waals surface area contributed by atoms with Crippen LogP contribution in [0.25, 0.3) is 44.7 Å². The average molecular weight is 675 g/mol. The fraction of sp³-hybridized carbons (Fsp3) is 0.0588. The maximum atomic E-state index is 16.1. The Balaban J connectivity index is 1.21. The summed E-state index contributed by atoms with van der Waals surface area (Å²) in [6.07, 6.45) is 12.0. The van der Waals surface area contributed by atoms with E-state index in [9.17, 15) is 10.1 Å². The number of imidazole rings is 2. The molecule has 2 aromatic carbocycles. The van der Waals surface area contributed by atoms with Gasteiger partial charge in [0.05, 0.1) is 46.8 Å². The Hall–Kier alpha value is -7.10. The summed E-state index contributed by atoms with van der Waals surface area (Å²) in [5.74, 6) is -1.31. The molecule has 0 saturated heterocycles. The normalized spacial score (nSPS) is 11.4. The lowest BCUT2D eigenvalue weighted by Crippen LogP contribution is -1.97. The second-order valence-corrected chi connectivity index (χ2v) is 11.5. The minimum Gasteiger partial charge on any atom is -0.455 e. The van der Waals surface area contributed by atoms with Crippen LogP contribution in [0.4, 0.5) is 20.3 Å². The molecular weight excluding hydrogens is 650 g/mol. The number of nitrogen functional groups attached to an aromatic ring is 1. The van der Waals surface area contributed by atoms with Crippen molar-refractivity contribution in [3.05, 3.63) is 120 Å². The van der Waals surface area contributed by atoms with Gasteiger partial charge in [0.25, 0.3) is 5.69 Å². The highest BCUT2D eigenvalue weighted by molar-refractivity contribution is 5.93. The van der Waals surface area contributed by atoms with Crippen molar-refractivity contribution in [2.45, 2.75) is 0 Å². The third-order valence-electron chi connectivity index (χ3n) is 7.97. The van der Waals surface area contributed by atoms with Crippen LogP contribution >= 0.6 is 0 Å². The van der Waals surface area contributed by atoms with E-state index in [0.29, 0.717) is 28.2 Å². The molecule has 6 aromatic heterocycles. The van der Waals surface area contributed by atoms with Crippen LogP contribution in [-0.2, 0) is 14.1 Å². The van der Waals surface area contributed by atoms with E-state index in [0.717, 1.165) is 23.8 Å². The third kappa shape index (κ3) is 5.29. The summed E-state index contributed by atoms with van der Waals surface area (Å²) in [6, 6.07) is 12.5. The number of benzene rings is 2. The number of aryl methyl sites for hydroxylation is 2. The highest BCUT2D eigenvalue weighted by Crippen LogP contribution is 2.42. The topological polar surface area (TPSA) is 158 Å². The van der Waals surface area contributed by atoms with Crippen LogP contribution in [0.1, 0.15) is 0 Å². The summed E-state index contributed by atoms with van der Waals surface area (Å²) in [5.41, 5.74) is 9.62. The Morgan fingerprint density at radius 1 is 0.780 bits per heavy atom. The van der Waals surface area contributed by atoms with Crippen molar-refractivity contribution < 1.29 is 23.2 Å². The first kappa shape index (κ1) is 30.2. The van der Waals surface area contributed by atoms with Crippen LogP contribution in [0, 0.1) is 21.7 Å². The molecule has 0 unspecified atom stereocenters. The van der Waals surface area contributed by atoms with E-state index < -0.39 is 22.2 Å². The van der Waals surface area contributed by atoms with E-state index in [4.69, 9.17) is 15.2 Å². The molecule has 14 nitrogen and oxygen atoms in total. The highest BCUT2D eigenvalue weighted by atomic mass is 19.1. The number of non-ortho nitro benzene ring substituents is 1. The monoisotopic (exact) mass is 674 g/mol. The van der Waals surface area contributed by atoms with Gasteiger partial charge < -0.3 is 24.3 Å². The molecule has 0 spiro atoms. The van der Waals surface area contributed by atoms with Gasteiger partial charge in [0.2, 0.25) is 0 Å². The van der Waals surface area contributed by atoms with Crippen molar-refractivity contribution >= 4 is 22.5 Å². The number of anilines is 1. The number of hydrogen-bond donors (Lipinski definition) is 1. The summed E-state index contributed by atoms with van der Waals surface area (Å²) in [6.45, 7) is 0. The first-order valence-electron chi connectivity index (χ1n) is 15.0. The molecule has 0 atom stereocenters. The quantitative estimate of drug-likeness (QED) is 0.135. The second kappa shape index (κ2) is 11.6. The molecule has 16 heteroatoms. The van der Waals surface area contributed by atoms with E-state index in [2.05, 4.69) is 20.2 Å². The maximum absolute atomic E-state index is 16.1. The Morgan fingerprint density at radius 2 is 1.48 bits per heavy atom. The molecule has 6 heterocycles. The molecule has 50 heavy (non-hydrogen) atoms. The van der Waals surface area contributed by atoms with Gasteiger partial charge in [0.15, 0.2) is 28.9 Å². The fourth-order valence-electron chi connectivity index (χ4n) is 5.68. The molecule has 0 aliphatic carbocycles. The Morgan fingerprint density at radius 3 is 2.12 bits per heavy atom. The molecule has 0 fully saturated rings. The maximum Gasteiger partial charge on any atom is 0.272 e. The lowest BCUT2D eigenvalue weighted by molar-refractivity contribution is -0.385. The zero-order valence-corrected chi connectivity index (χ0v) is 26.2. The summed E-state index contributed by atoms with van der Waals surface area (Å²) in [5, 5.41) is 20.0. The van der Waals surface area contributed by atoms with Crippen LogP contribution in [0.5, 0.6) is 23.0 Å². The first-order chi connectivity index (χ1) is 24.1. The second-order valence-electron chi connectivity index (χ2n) is 11.5. The number of ether oxygens (including phenoxy) is 2. The smallest absolute Gasteiger partial charge is 0.272 e. The van der Waals surface area contributed by atoms with Gasteiger partial charge in [0, 0.05) is 67.7 Å². The number of nitrogens with zero attached hydrogens (tertiary/aromatic N) is 9. The van der Waals surface area contributed by atoms with Crippen LogP contribution in [0.15, 0.2) is 98.2 Å². The number of pyridine rings is 2. The molecule has 0 bridgehead atoms. The number of halogens is 2. The number of hydrogen-bond acceptors (Lipinski definition) is 9. The van der Waals surface area contributed by atoms with Gasteiger partial charge in [-0.1, -0.05) is 0 Å². The summed E-state index contributed by atoms with van der Waals surface area (Å²) in [7, 11) is 3.66. The SMILES string of the molecule is Cn1cnc(-c2cc(Oc3ccc(-c4c(N)nn5cc(-c6cn(C)cn6)cc(Oc6ccc([N+](=O)[O-])cc6F)c45)c(F)c3)c3ccnn3c2)c1. The van der Waals surface area contributed by atoms with Gasteiger partial charge >= 0.3 is 0 Å². The largest absolute Gasteiger partial charge is 0.455 e. The van der Waals surface area contributed by atoms with E-state index in [1.54, 1.807) is 71.6 Å². The molecule has 0 amide bonds. The van der Waals surface area contributed by atoms with Gasteiger partial charge in [-0.05, 0) is 36.4 Å². The molecule has 248 valence electrons. The molecule has 0 saturated carbocycles. The van der Waals surface area contributed by atoms with E-state index >= 15 is 8.78 Å². The number of rotatable bonds is 8. The van der Waals surface area contributed by atoms with Crippen LogP contribution in [-0.4, -0.2) is 43.3 Å². The highest BCUT2D eigenvalue weighted by Gasteiger charge is 2.24. The zero-order valence-electron chi connectivity index (χ0n) is 26.2. The number of nitrogens with two attached hydrogens (primary N) is 1. The molecule has 0 aliphatic rings. The molecular formula is C34H24F2N10O4. The van der Waals surface area contributed by atoms with Crippen molar-refractivity contribution in [2.75, 3.05) is 5.73 Å². The van der Waals surface area contributed by atoms with Gasteiger partial charge in [-0.25, -0.2) is 27.8 Å². The van der Waals surface area contributed by atoms with Crippen molar-refractivity contribution in [1.82, 2.24) is 38.3 Å². The number of fused-ring (bicyclic) bond motifs is 2. The van der Waals surface area contributed by atoms with Crippen molar-refractivity contribution in [3.8, 4) is 56.6 Å². The Labute approximate surface area is 280 Å². The minimum atomic E-state index is -0.971. The zero-order chi connectivity index (χ0) is 34.7. The first-order valence-corrected chi connectivity index (χ1v) is 15.0. The van der Waals surface area contributed by atoms with E-state index in [1.807, 2.05) is 24.0 Å². The van der Waals surface area contributed by atoms with Crippen LogP contribution in [0.3, 0.4) is 0 Å². The molecule has 8 rings (SSSR count). The number of nitro groups is 1. The number of aromatic nitrogens is 8. The number of nitro benzene ring substituents is 1. The lowest BCUT2D eigenvalue weighted by Gasteiger charge is -2.13. The van der Waals surface area contributed by atoms with Gasteiger partial charge in [-0.15, -0.1) is 5.10 Å². The average Bonchev–Trinajstić information content (AvgIpc) is 3.89. The van der Waals surface area contributed by atoms with E-state index in [1.165, 1.54) is 16.6 Å². The summed E-state index contributed by atoms with van der Waals surface area (Å²) >= 11 is 0. The predicted molar refractivity (Wildman–Crippen MR) is 178 cm³/mol. The van der Waals surface area contributed by atoms with Crippen molar-refractivity contribution in [2.24, 2.45) is 14.1 Å². The van der Waals surface area contributed by atoms with Crippen molar-refractivity contribution in [3.63, 3.8) is 0 Å². The molecule has 8 aromatic rings. The van der Waals surface area contributed by atoms with Crippen LogP contribution < -0.4 is 15.2 Å². The lowest BCUT2D eigenvalue weighted by atomic mass is 10.0. The van der Waals surface area contributed by atoms with Crippen molar-refractivity contribution in [1.29, 1.82) is 0 Å². The van der Waals surface area contributed by atoms with Crippen LogP contribution in [0.2, 0.25) is 0 Å². The molecule has 2 N–H and O–H groups in total. The van der Waals surface area contributed by atoms with Gasteiger partial charge in [0.1, 0.15) is 22.6 Å². The standard InChI is InChI=1S/C34H24F2N10O4/c1-42-15-26(38-17-42)19-9-30(28-7-8-40-44(28)13-19)49-22-4-5-23(24(35)12-22)32-33-31(50-29-6-3-21(46(47)48)11-25(29)36)10-20(14-45(33)41-34(32)37)27-16-43(2)18-39-27/h3-18H,1-2H3,(H2,37,41). The fourth-order valence-corrected chi connectivity index (χ4v) is 5.68. The van der Waals surface area contributed by atoms with Gasteiger partial charge in [-0.3, -0.25) is 10.1 Å². The molecule has 0 aliphatic heterocycles. The summed E-state index contributed by atoms with van der Waals surface area (Å²) in [4.78, 5) is 19.3. The Kier molecular flexibility index (Phi) is 6.99. The molecule has 0 radical (unpaired) electrons. The minimum absolute atomic E-state index is 0.0335. The Bertz CT molecular complexity index is 2620. The predicted octanol–water partition coefficient (Wildman–Crippen LogP) is 6.80.